The molecule has 0 aliphatic carbocycles. The third kappa shape index (κ3) is 4.19. The Morgan fingerprint density at radius 2 is 2.31 bits per heavy atom. The molecule has 16 heavy (non-hydrogen) atoms. The maximum Gasteiger partial charge on any atom is 0.396 e. The van der Waals surface area contributed by atoms with E-state index < -0.39 is 5.97 Å². The van der Waals surface area contributed by atoms with Crippen LogP contribution in [0.15, 0.2) is 9.64 Å². The lowest BCUT2D eigenvalue weighted by Crippen LogP contribution is -2.04. The first-order valence-corrected chi connectivity index (χ1v) is 6.00. The van der Waals surface area contributed by atoms with Gasteiger partial charge in [-0.3, -0.25) is 0 Å². The molecule has 0 atom stereocenters. The van der Waals surface area contributed by atoms with Gasteiger partial charge < -0.3 is 14.3 Å². The van der Waals surface area contributed by atoms with E-state index in [4.69, 9.17) is 14.3 Å². The van der Waals surface area contributed by atoms with E-state index >= 15 is 0 Å². The molecule has 0 unspecified atom stereocenters. The van der Waals surface area contributed by atoms with Gasteiger partial charge in [-0.25, -0.2) is 4.79 Å². The van der Waals surface area contributed by atoms with Crippen molar-refractivity contribution >= 4 is 17.7 Å². The van der Waals surface area contributed by atoms with E-state index in [1.54, 1.807) is 6.92 Å². The first kappa shape index (κ1) is 13.0. The highest BCUT2D eigenvalue weighted by molar-refractivity contribution is 7.99. The quantitative estimate of drug-likeness (QED) is 0.438. The number of nitrogens with zero attached hydrogens (tertiary/aromatic N) is 2. The molecule has 0 radical (unpaired) electrons. The monoisotopic (exact) mass is 246 g/mol. The Morgan fingerprint density at radius 3 is 3.00 bits per heavy atom. The molecular weight excluding hydrogens is 232 g/mol. The summed E-state index contributed by atoms with van der Waals surface area (Å²) >= 11 is 1.36. The Hall–Kier alpha value is -1.08. The van der Waals surface area contributed by atoms with E-state index in [2.05, 4.69) is 10.2 Å². The molecule has 0 aliphatic heterocycles. The van der Waals surface area contributed by atoms with E-state index in [1.165, 1.54) is 11.8 Å². The zero-order valence-corrected chi connectivity index (χ0v) is 9.83. The predicted octanol–water partition coefficient (Wildman–Crippen LogP) is 1.11. The summed E-state index contributed by atoms with van der Waals surface area (Å²) in [5, 5.41) is 16.2. The molecule has 7 heteroatoms. The Morgan fingerprint density at radius 1 is 1.50 bits per heavy atom. The van der Waals surface area contributed by atoms with E-state index in [-0.39, 0.29) is 19.1 Å². The molecule has 0 fully saturated rings. The average molecular weight is 246 g/mol. The third-order valence-corrected chi connectivity index (χ3v) is 2.54. The van der Waals surface area contributed by atoms with Crippen LogP contribution in [0.5, 0.6) is 0 Å². The SMILES string of the molecule is CCOC(=O)c1nnc(SCCCCO)o1. The zero-order valence-electron chi connectivity index (χ0n) is 9.01. The number of aromatic nitrogens is 2. The fourth-order valence-electron chi connectivity index (χ4n) is 0.917. The fraction of sp³-hybridized carbons (Fsp3) is 0.667. The topological polar surface area (TPSA) is 85.5 Å². The molecule has 0 aromatic carbocycles. The number of carbonyl (C=O) groups is 1. The Labute approximate surface area is 97.4 Å². The fourth-order valence-corrected chi connectivity index (χ4v) is 1.68. The van der Waals surface area contributed by atoms with Crippen molar-refractivity contribution < 1.29 is 19.1 Å². The van der Waals surface area contributed by atoms with Crippen molar-refractivity contribution in [2.24, 2.45) is 0 Å². The van der Waals surface area contributed by atoms with Crippen LogP contribution in [0, 0.1) is 0 Å². The molecule has 0 aliphatic rings. The van der Waals surface area contributed by atoms with Crippen molar-refractivity contribution in [1.29, 1.82) is 0 Å². The summed E-state index contributed by atoms with van der Waals surface area (Å²) in [5.74, 6) is 0.0501. The van der Waals surface area contributed by atoms with Gasteiger partial charge in [0.1, 0.15) is 0 Å². The van der Waals surface area contributed by atoms with Gasteiger partial charge in [0.2, 0.25) is 0 Å². The van der Waals surface area contributed by atoms with Crippen molar-refractivity contribution in [3.05, 3.63) is 5.89 Å². The van der Waals surface area contributed by atoms with Crippen LogP contribution in [0.4, 0.5) is 0 Å². The number of esters is 1. The molecule has 1 N–H and O–H groups in total. The summed E-state index contributed by atoms with van der Waals surface area (Å²) in [6.07, 6.45) is 1.60. The van der Waals surface area contributed by atoms with Crippen LogP contribution in [-0.2, 0) is 4.74 Å². The van der Waals surface area contributed by atoms with Gasteiger partial charge in [0.15, 0.2) is 0 Å². The molecule has 0 amide bonds. The highest BCUT2D eigenvalue weighted by Crippen LogP contribution is 2.17. The molecule has 90 valence electrons. The molecule has 1 aromatic rings. The zero-order chi connectivity index (χ0) is 11.8. The largest absolute Gasteiger partial charge is 0.459 e. The number of aliphatic hydroxyl groups is 1. The van der Waals surface area contributed by atoms with Gasteiger partial charge in [-0.05, 0) is 19.8 Å². The normalized spacial score (nSPS) is 10.4. The van der Waals surface area contributed by atoms with Gasteiger partial charge in [-0.1, -0.05) is 16.9 Å². The summed E-state index contributed by atoms with van der Waals surface area (Å²) in [7, 11) is 0. The first-order chi connectivity index (χ1) is 7.77. The standard InChI is InChI=1S/C9H14N2O4S/c1-2-14-8(13)7-10-11-9(15-7)16-6-4-3-5-12/h12H,2-6H2,1H3. The summed E-state index contributed by atoms with van der Waals surface area (Å²) in [5.41, 5.74) is 0. The number of unbranched alkanes of at least 4 members (excludes halogenated alkanes) is 1. The van der Waals surface area contributed by atoms with E-state index in [0.29, 0.717) is 5.22 Å². The van der Waals surface area contributed by atoms with Crippen LogP contribution >= 0.6 is 11.8 Å². The summed E-state index contributed by atoms with van der Waals surface area (Å²) < 4.78 is 9.79. The van der Waals surface area contributed by atoms with E-state index in [9.17, 15) is 4.79 Å². The number of aliphatic hydroxyl groups excluding tert-OH is 1. The molecule has 0 saturated carbocycles. The lowest BCUT2D eigenvalue weighted by molar-refractivity contribution is 0.0475. The van der Waals surface area contributed by atoms with Gasteiger partial charge in [0, 0.05) is 12.4 Å². The molecule has 1 aromatic heterocycles. The second-order valence-electron chi connectivity index (χ2n) is 2.87. The summed E-state index contributed by atoms with van der Waals surface area (Å²) in [4.78, 5) is 11.2. The van der Waals surface area contributed by atoms with Crippen LogP contribution in [0.1, 0.15) is 30.5 Å². The molecule has 6 nitrogen and oxygen atoms in total. The molecule has 1 rings (SSSR count). The van der Waals surface area contributed by atoms with Crippen molar-refractivity contribution in [3.63, 3.8) is 0 Å². The lowest BCUT2D eigenvalue weighted by Gasteiger charge is -1.95. The second kappa shape index (κ2) is 7.24. The Kier molecular flexibility index (Phi) is 5.87. The van der Waals surface area contributed by atoms with Crippen molar-refractivity contribution in [2.45, 2.75) is 25.0 Å². The van der Waals surface area contributed by atoms with Crippen LogP contribution < -0.4 is 0 Å². The minimum absolute atomic E-state index is 0.119. The summed E-state index contributed by atoms with van der Waals surface area (Å²) in [6.45, 7) is 2.16. The second-order valence-corrected chi connectivity index (χ2v) is 3.92. The van der Waals surface area contributed by atoms with Gasteiger partial charge >= 0.3 is 11.9 Å². The number of carbonyl (C=O) groups excluding carboxylic acids is 1. The van der Waals surface area contributed by atoms with Crippen LogP contribution in [-0.4, -0.2) is 40.2 Å². The van der Waals surface area contributed by atoms with Crippen LogP contribution in [0.25, 0.3) is 0 Å². The summed E-state index contributed by atoms with van der Waals surface area (Å²) in [6, 6.07) is 0. The van der Waals surface area contributed by atoms with Crippen molar-refractivity contribution in [3.8, 4) is 0 Å². The average Bonchev–Trinajstić information content (AvgIpc) is 2.73. The lowest BCUT2D eigenvalue weighted by atomic mass is 10.4. The van der Waals surface area contributed by atoms with E-state index in [1.807, 2.05) is 0 Å². The van der Waals surface area contributed by atoms with Crippen LogP contribution in [0.2, 0.25) is 0 Å². The molecule has 0 spiro atoms. The van der Waals surface area contributed by atoms with Crippen LogP contribution in [0.3, 0.4) is 0 Å². The van der Waals surface area contributed by atoms with Gasteiger partial charge in [-0.2, -0.15) is 0 Å². The minimum Gasteiger partial charge on any atom is -0.459 e. The van der Waals surface area contributed by atoms with Gasteiger partial charge in [-0.15, -0.1) is 5.10 Å². The number of thioether (sulfide) groups is 1. The molecular formula is C9H14N2O4S. The highest BCUT2D eigenvalue weighted by Gasteiger charge is 2.15. The number of hydrogen-bond acceptors (Lipinski definition) is 7. The minimum atomic E-state index is -0.600. The van der Waals surface area contributed by atoms with Gasteiger partial charge in [0.25, 0.3) is 5.22 Å². The number of hydrogen-bond donors (Lipinski definition) is 1. The third-order valence-electron chi connectivity index (χ3n) is 1.63. The number of rotatable bonds is 7. The van der Waals surface area contributed by atoms with Crippen molar-refractivity contribution in [2.75, 3.05) is 19.0 Å². The predicted molar refractivity (Wildman–Crippen MR) is 57.3 cm³/mol. The Balaban J connectivity index is 2.36. The number of ether oxygens (including phenoxy) is 1. The maximum absolute atomic E-state index is 11.2. The smallest absolute Gasteiger partial charge is 0.396 e. The molecule has 1 heterocycles. The maximum atomic E-state index is 11.2. The Bertz CT molecular complexity index is 329. The van der Waals surface area contributed by atoms with Gasteiger partial charge in [0.05, 0.1) is 6.61 Å². The highest BCUT2D eigenvalue weighted by atomic mass is 32.2. The molecule has 0 saturated heterocycles. The first-order valence-electron chi connectivity index (χ1n) is 5.02. The van der Waals surface area contributed by atoms with E-state index in [0.717, 1.165) is 18.6 Å². The molecule has 0 bridgehead atoms. The van der Waals surface area contributed by atoms with Crippen molar-refractivity contribution in [1.82, 2.24) is 10.2 Å².